The minimum Gasteiger partial charge on any atom is -0.463 e. The molecule has 1 rings (SSSR count). The maximum absolute atomic E-state index is 11.7. The average molecular weight is 280 g/mol. The van der Waals surface area contributed by atoms with E-state index in [-0.39, 0.29) is 30.2 Å². The zero-order chi connectivity index (χ0) is 15.3. The predicted octanol–water partition coefficient (Wildman–Crippen LogP) is 2.90. The Hall–Kier alpha value is -2.11. The molecule has 0 aliphatic carbocycles. The minimum absolute atomic E-state index is 0.00873. The first-order valence-electron chi connectivity index (χ1n) is 6.50. The molecule has 1 atom stereocenters. The van der Waals surface area contributed by atoms with Crippen molar-refractivity contribution in [3.8, 4) is 0 Å². The van der Waals surface area contributed by atoms with Gasteiger partial charge in [-0.05, 0) is 32.4 Å². The van der Waals surface area contributed by atoms with E-state index >= 15 is 0 Å². The summed E-state index contributed by atoms with van der Waals surface area (Å²) >= 11 is 0. The van der Waals surface area contributed by atoms with Gasteiger partial charge in [-0.15, -0.1) is 0 Å². The van der Waals surface area contributed by atoms with E-state index in [1.165, 1.54) is 6.07 Å². The van der Waals surface area contributed by atoms with Crippen molar-refractivity contribution in [3.05, 3.63) is 33.9 Å². The number of nitro groups is 1. The van der Waals surface area contributed by atoms with E-state index in [9.17, 15) is 14.9 Å². The Morgan fingerprint density at radius 3 is 2.60 bits per heavy atom. The fraction of sp³-hybridized carbons (Fsp3) is 0.500. The van der Waals surface area contributed by atoms with E-state index in [4.69, 9.17) is 4.74 Å². The number of aryl methyl sites for hydroxylation is 1. The molecule has 1 N–H and O–H groups in total. The third-order valence-electron chi connectivity index (χ3n) is 2.70. The number of nitrogens with zero attached hydrogens (tertiary/aromatic N) is 1. The number of esters is 1. The lowest BCUT2D eigenvalue weighted by atomic mass is 10.1. The Balaban J connectivity index is 2.70. The molecule has 0 bridgehead atoms. The monoisotopic (exact) mass is 280 g/mol. The second kappa shape index (κ2) is 6.88. The van der Waals surface area contributed by atoms with Gasteiger partial charge in [-0.2, -0.15) is 0 Å². The summed E-state index contributed by atoms with van der Waals surface area (Å²) in [6.45, 7) is 7.36. The van der Waals surface area contributed by atoms with Crippen molar-refractivity contribution >= 4 is 17.3 Å². The Morgan fingerprint density at radius 1 is 1.40 bits per heavy atom. The van der Waals surface area contributed by atoms with Gasteiger partial charge in [0, 0.05) is 12.6 Å². The zero-order valence-electron chi connectivity index (χ0n) is 12.2. The molecule has 6 nitrogen and oxygen atoms in total. The number of nitrogens with one attached hydrogen (secondary N) is 1. The van der Waals surface area contributed by atoms with Crippen LogP contribution in [0.4, 0.5) is 11.4 Å². The van der Waals surface area contributed by atoms with Gasteiger partial charge in [0.1, 0.15) is 5.69 Å². The summed E-state index contributed by atoms with van der Waals surface area (Å²) in [5, 5.41) is 13.9. The third kappa shape index (κ3) is 4.53. The molecule has 1 unspecified atom stereocenters. The second-order valence-corrected chi connectivity index (χ2v) is 5.05. The summed E-state index contributed by atoms with van der Waals surface area (Å²) in [6, 6.07) is 4.93. The van der Waals surface area contributed by atoms with Gasteiger partial charge in [0.2, 0.25) is 0 Å². The molecule has 110 valence electrons. The molecule has 6 heteroatoms. The van der Waals surface area contributed by atoms with Gasteiger partial charge >= 0.3 is 5.97 Å². The molecule has 0 aliphatic heterocycles. The molecule has 0 amide bonds. The minimum atomic E-state index is -0.438. The first kappa shape index (κ1) is 15.9. The first-order valence-corrected chi connectivity index (χ1v) is 6.50. The topological polar surface area (TPSA) is 81.5 Å². The fourth-order valence-corrected chi connectivity index (χ4v) is 1.64. The van der Waals surface area contributed by atoms with Gasteiger partial charge in [0.25, 0.3) is 5.69 Å². The van der Waals surface area contributed by atoms with Gasteiger partial charge in [-0.3, -0.25) is 14.9 Å². The van der Waals surface area contributed by atoms with Crippen LogP contribution in [0.2, 0.25) is 0 Å². The summed E-state index contributed by atoms with van der Waals surface area (Å²) in [4.78, 5) is 22.2. The number of anilines is 1. The predicted molar refractivity (Wildman–Crippen MR) is 76.7 cm³/mol. The van der Waals surface area contributed by atoms with Gasteiger partial charge in [-0.1, -0.05) is 13.0 Å². The van der Waals surface area contributed by atoms with Crippen LogP contribution in [0, 0.1) is 23.0 Å². The van der Waals surface area contributed by atoms with E-state index in [1.807, 2.05) is 0 Å². The van der Waals surface area contributed by atoms with E-state index in [0.29, 0.717) is 5.69 Å². The van der Waals surface area contributed by atoms with Crippen molar-refractivity contribution in [3.63, 3.8) is 0 Å². The van der Waals surface area contributed by atoms with Crippen LogP contribution in [-0.2, 0) is 9.53 Å². The van der Waals surface area contributed by atoms with Crippen LogP contribution >= 0.6 is 0 Å². The number of carbonyl (C=O) groups excluding carboxylic acids is 1. The highest BCUT2D eigenvalue weighted by molar-refractivity contribution is 5.73. The molecule has 0 aliphatic rings. The molecular weight excluding hydrogens is 260 g/mol. The highest BCUT2D eigenvalue weighted by Gasteiger charge is 2.18. The van der Waals surface area contributed by atoms with Crippen molar-refractivity contribution in [1.82, 2.24) is 0 Å². The van der Waals surface area contributed by atoms with Crippen LogP contribution in [0.1, 0.15) is 26.3 Å². The van der Waals surface area contributed by atoms with Gasteiger partial charge < -0.3 is 10.1 Å². The van der Waals surface area contributed by atoms with Crippen LogP contribution in [0.25, 0.3) is 0 Å². The highest BCUT2D eigenvalue weighted by Crippen LogP contribution is 2.25. The molecule has 0 radical (unpaired) electrons. The number of benzene rings is 1. The molecular formula is C14H20N2O4. The lowest BCUT2D eigenvalue weighted by Crippen LogP contribution is -2.25. The molecule has 0 saturated heterocycles. The molecule has 1 aromatic rings. The summed E-state index contributed by atoms with van der Waals surface area (Å²) in [5.74, 6) is -0.694. The summed E-state index contributed by atoms with van der Waals surface area (Å²) in [7, 11) is 0. The number of nitro benzene ring substituents is 1. The Kier molecular flexibility index (Phi) is 5.49. The van der Waals surface area contributed by atoms with Crippen LogP contribution in [0.15, 0.2) is 18.2 Å². The van der Waals surface area contributed by atoms with Crippen molar-refractivity contribution in [2.75, 3.05) is 11.9 Å². The molecule has 0 heterocycles. The van der Waals surface area contributed by atoms with Crippen LogP contribution in [0.3, 0.4) is 0 Å². The number of carbonyl (C=O) groups is 1. The Morgan fingerprint density at radius 2 is 2.05 bits per heavy atom. The maximum Gasteiger partial charge on any atom is 0.310 e. The van der Waals surface area contributed by atoms with Crippen molar-refractivity contribution < 1.29 is 14.5 Å². The van der Waals surface area contributed by atoms with Crippen molar-refractivity contribution in [2.45, 2.75) is 33.8 Å². The Bertz CT molecular complexity index is 500. The van der Waals surface area contributed by atoms with Crippen LogP contribution in [0.5, 0.6) is 0 Å². The molecule has 1 aromatic carbocycles. The zero-order valence-corrected chi connectivity index (χ0v) is 12.2. The lowest BCUT2D eigenvalue weighted by Gasteiger charge is -2.15. The fourth-order valence-electron chi connectivity index (χ4n) is 1.64. The maximum atomic E-state index is 11.7. The van der Waals surface area contributed by atoms with Gasteiger partial charge in [0.05, 0.1) is 16.9 Å². The van der Waals surface area contributed by atoms with Crippen molar-refractivity contribution in [1.29, 1.82) is 0 Å². The number of ether oxygens (including phenoxy) is 1. The second-order valence-electron chi connectivity index (χ2n) is 5.05. The molecule has 0 aromatic heterocycles. The number of rotatable bonds is 6. The Labute approximate surface area is 118 Å². The quantitative estimate of drug-likeness (QED) is 0.492. The SMILES string of the molecule is Cc1ccc(NCC(C)C(=O)OC(C)C)c([N+](=O)[O-])c1. The number of hydrogen-bond donors (Lipinski definition) is 1. The van der Waals surface area contributed by atoms with Crippen LogP contribution < -0.4 is 5.32 Å². The molecule has 0 saturated carbocycles. The van der Waals surface area contributed by atoms with E-state index in [1.54, 1.807) is 39.8 Å². The lowest BCUT2D eigenvalue weighted by molar-refractivity contribution is -0.384. The average Bonchev–Trinajstić information content (AvgIpc) is 2.35. The summed E-state index contributed by atoms with van der Waals surface area (Å²) < 4.78 is 5.08. The van der Waals surface area contributed by atoms with Crippen molar-refractivity contribution in [2.24, 2.45) is 5.92 Å². The van der Waals surface area contributed by atoms with E-state index < -0.39 is 4.92 Å². The standard InChI is InChI=1S/C14H20N2O4/c1-9(2)20-14(17)11(4)8-15-12-6-5-10(3)7-13(12)16(18)19/h5-7,9,11,15H,8H2,1-4H3. The first-order chi connectivity index (χ1) is 9.31. The van der Waals surface area contributed by atoms with E-state index in [2.05, 4.69) is 5.32 Å². The van der Waals surface area contributed by atoms with Gasteiger partial charge in [-0.25, -0.2) is 0 Å². The third-order valence-corrected chi connectivity index (χ3v) is 2.70. The van der Waals surface area contributed by atoms with E-state index in [0.717, 1.165) is 5.56 Å². The molecule has 20 heavy (non-hydrogen) atoms. The summed E-state index contributed by atoms with van der Waals surface area (Å²) in [5.41, 5.74) is 1.23. The highest BCUT2D eigenvalue weighted by atomic mass is 16.6. The molecule has 0 spiro atoms. The normalized spacial score (nSPS) is 12.1. The molecule has 0 fully saturated rings. The largest absolute Gasteiger partial charge is 0.463 e. The van der Waals surface area contributed by atoms with Gasteiger partial charge in [0.15, 0.2) is 0 Å². The van der Waals surface area contributed by atoms with Crippen LogP contribution in [-0.4, -0.2) is 23.5 Å². The smallest absolute Gasteiger partial charge is 0.310 e. The number of hydrogen-bond acceptors (Lipinski definition) is 5. The summed E-state index contributed by atoms with van der Waals surface area (Å²) in [6.07, 6.45) is -0.168.